The fourth-order valence-corrected chi connectivity index (χ4v) is 4.19. The van der Waals surface area contributed by atoms with E-state index in [9.17, 15) is 13.5 Å². The van der Waals surface area contributed by atoms with Gasteiger partial charge in [0.1, 0.15) is 28.3 Å². The molecule has 1 fully saturated rings. The summed E-state index contributed by atoms with van der Waals surface area (Å²) in [5.74, 6) is 1.21. The lowest BCUT2D eigenvalue weighted by molar-refractivity contribution is 0.103. The van der Waals surface area contributed by atoms with Crippen molar-refractivity contribution in [1.29, 1.82) is 0 Å². The van der Waals surface area contributed by atoms with Gasteiger partial charge in [0.05, 0.1) is 11.5 Å². The summed E-state index contributed by atoms with van der Waals surface area (Å²) in [5.41, 5.74) is 1.35. The molecule has 6 heteroatoms. The van der Waals surface area contributed by atoms with E-state index in [0.717, 1.165) is 5.75 Å². The molecule has 1 aromatic rings. The molecule has 1 aliphatic heterocycles. The molecule has 1 saturated heterocycles. The second-order valence-electron chi connectivity index (χ2n) is 7.57. The zero-order valence-corrected chi connectivity index (χ0v) is 15.6. The summed E-state index contributed by atoms with van der Waals surface area (Å²) in [6.07, 6.45) is 0.611. The Morgan fingerprint density at radius 3 is 2.33 bits per heavy atom. The molecule has 1 atom stereocenters. The smallest absolute Gasteiger partial charge is 0.150 e. The van der Waals surface area contributed by atoms with Gasteiger partial charge in [-0.3, -0.25) is 0 Å². The Balaban J connectivity index is 1.70. The van der Waals surface area contributed by atoms with Crippen LogP contribution < -0.4 is 10.1 Å². The van der Waals surface area contributed by atoms with E-state index >= 15 is 0 Å². The first-order valence-electron chi connectivity index (χ1n) is 8.51. The van der Waals surface area contributed by atoms with Crippen molar-refractivity contribution in [2.24, 2.45) is 0 Å². The summed E-state index contributed by atoms with van der Waals surface area (Å²) in [5, 5.41) is 13.3. The van der Waals surface area contributed by atoms with E-state index in [2.05, 4.69) is 26.1 Å². The van der Waals surface area contributed by atoms with Crippen molar-refractivity contribution in [1.82, 2.24) is 5.32 Å². The lowest BCUT2D eigenvalue weighted by Gasteiger charge is -2.24. The van der Waals surface area contributed by atoms with Gasteiger partial charge in [0.15, 0.2) is 0 Å². The summed E-state index contributed by atoms with van der Waals surface area (Å²) in [4.78, 5) is 0. The van der Waals surface area contributed by atoms with Crippen LogP contribution in [0, 0.1) is 0 Å². The van der Waals surface area contributed by atoms with Gasteiger partial charge in [0.2, 0.25) is 0 Å². The number of benzene rings is 1. The summed E-state index contributed by atoms with van der Waals surface area (Å²) in [6, 6.07) is 8.10. The summed E-state index contributed by atoms with van der Waals surface area (Å²) in [6.45, 7) is 7.11. The molecule has 1 aliphatic rings. The highest BCUT2D eigenvalue weighted by atomic mass is 32.2. The number of aliphatic hydroxyl groups is 1. The first-order chi connectivity index (χ1) is 11.2. The van der Waals surface area contributed by atoms with Gasteiger partial charge in [-0.05, 0) is 36.0 Å². The minimum absolute atomic E-state index is 0.107. The van der Waals surface area contributed by atoms with E-state index < -0.39 is 15.9 Å². The molecule has 5 nitrogen and oxygen atoms in total. The maximum atomic E-state index is 11.4. The molecule has 0 bridgehead atoms. The van der Waals surface area contributed by atoms with Gasteiger partial charge in [0, 0.05) is 12.6 Å². The van der Waals surface area contributed by atoms with Gasteiger partial charge in [-0.1, -0.05) is 32.9 Å². The summed E-state index contributed by atoms with van der Waals surface area (Å²) < 4.78 is 28.4. The molecule has 24 heavy (non-hydrogen) atoms. The third-order valence-electron chi connectivity index (χ3n) is 4.36. The Morgan fingerprint density at radius 1 is 1.21 bits per heavy atom. The first-order valence-corrected chi connectivity index (χ1v) is 10.3. The third-order valence-corrected chi connectivity index (χ3v) is 6.07. The van der Waals surface area contributed by atoms with Gasteiger partial charge in [-0.2, -0.15) is 0 Å². The monoisotopic (exact) mass is 355 g/mol. The zero-order valence-electron chi connectivity index (χ0n) is 14.8. The van der Waals surface area contributed by atoms with E-state index in [1.165, 1.54) is 5.56 Å². The topological polar surface area (TPSA) is 75.6 Å². The lowest BCUT2D eigenvalue weighted by atomic mass is 9.87. The van der Waals surface area contributed by atoms with Crippen molar-refractivity contribution in [2.45, 2.75) is 51.2 Å². The maximum Gasteiger partial charge on any atom is 0.150 e. The van der Waals surface area contributed by atoms with Crippen LogP contribution >= 0.6 is 0 Å². The normalized spacial score (nSPS) is 19.8. The molecular formula is C18H29NO4S. The van der Waals surface area contributed by atoms with Gasteiger partial charge in [-0.15, -0.1) is 0 Å². The summed E-state index contributed by atoms with van der Waals surface area (Å²) >= 11 is 0. The van der Waals surface area contributed by atoms with Crippen LogP contribution in [0.1, 0.15) is 39.2 Å². The number of rotatable bonds is 6. The average Bonchev–Trinajstić information content (AvgIpc) is 2.51. The van der Waals surface area contributed by atoms with Crippen molar-refractivity contribution < 1.29 is 18.3 Å². The van der Waals surface area contributed by atoms with Crippen LogP contribution in [-0.2, 0) is 15.3 Å². The molecule has 136 valence electrons. The van der Waals surface area contributed by atoms with Crippen LogP contribution in [0.5, 0.6) is 5.75 Å². The second kappa shape index (κ2) is 7.85. The van der Waals surface area contributed by atoms with Crippen molar-refractivity contribution >= 4 is 9.84 Å². The number of hydrogen-bond acceptors (Lipinski definition) is 5. The molecule has 0 aromatic heterocycles. The van der Waals surface area contributed by atoms with Crippen LogP contribution in [0.15, 0.2) is 24.3 Å². The Kier molecular flexibility index (Phi) is 6.28. The van der Waals surface area contributed by atoms with Crippen LogP contribution in [-0.4, -0.2) is 50.3 Å². The van der Waals surface area contributed by atoms with Crippen LogP contribution in [0.25, 0.3) is 0 Å². The molecule has 0 spiro atoms. The molecule has 1 aromatic carbocycles. The largest absolute Gasteiger partial charge is 0.491 e. The predicted octanol–water partition coefficient (Wildman–Crippen LogP) is 1.89. The lowest BCUT2D eigenvalue weighted by Crippen LogP contribution is -2.42. The molecule has 1 unspecified atom stereocenters. The van der Waals surface area contributed by atoms with Crippen LogP contribution in [0.3, 0.4) is 0 Å². The van der Waals surface area contributed by atoms with Crippen molar-refractivity contribution in [3.05, 3.63) is 29.8 Å². The fraction of sp³-hybridized carbons (Fsp3) is 0.667. The number of sulfone groups is 1. The Morgan fingerprint density at radius 2 is 1.79 bits per heavy atom. The Hall–Kier alpha value is -1.11. The standard InChI is InChI=1S/C18H29NO4S/c1-18(2,3)14-4-6-17(7-5-14)23-13-16(20)12-19-15-8-10-24(21,22)11-9-15/h4-7,15-16,19-20H,8-13H2,1-3H3. The molecule has 1 heterocycles. The fourth-order valence-electron chi connectivity index (χ4n) is 2.70. The number of hydrogen-bond donors (Lipinski definition) is 2. The van der Waals surface area contributed by atoms with E-state index in [1.54, 1.807) is 0 Å². The first kappa shape index (κ1) is 19.2. The van der Waals surface area contributed by atoms with E-state index in [-0.39, 0.29) is 29.6 Å². The van der Waals surface area contributed by atoms with E-state index in [4.69, 9.17) is 4.74 Å². The Bertz CT molecular complexity index is 605. The molecule has 2 N–H and O–H groups in total. The Labute approximate surface area is 145 Å². The van der Waals surface area contributed by atoms with Gasteiger partial charge in [-0.25, -0.2) is 8.42 Å². The highest BCUT2D eigenvalue weighted by molar-refractivity contribution is 7.91. The van der Waals surface area contributed by atoms with Crippen LogP contribution in [0.2, 0.25) is 0 Å². The predicted molar refractivity (Wildman–Crippen MR) is 96.3 cm³/mol. The second-order valence-corrected chi connectivity index (χ2v) is 9.88. The zero-order chi connectivity index (χ0) is 17.8. The molecule has 0 amide bonds. The molecule has 0 radical (unpaired) electrons. The molecular weight excluding hydrogens is 326 g/mol. The SMILES string of the molecule is CC(C)(C)c1ccc(OCC(O)CNC2CCS(=O)(=O)CC2)cc1. The third kappa shape index (κ3) is 6.07. The number of aliphatic hydroxyl groups excluding tert-OH is 1. The van der Waals surface area contributed by atoms with Gasteiger partial charge in [0.25, 0.3) is 0 Å². The quantitative estimate of drug-likeness (QED) is 0.815. The van der Waals surface area contributed by atoms with Gasteiger partial charge < -0.3 is 15.2 Å². The number of ether oxygens (including phenoxy) is 1. The highest BCUT2D eigenvalue weighted by Crippen LogP contribution is 2.24. The molecule has 0 saturated carbocycles. The number of nitrogens with one attached hydrogen (secondary N) is 1. The average molecular weight is 356 g/mol. The van der Waals surface area contributed by atoms with E-state index in [0.29, 0.717) is 19.4 Å². The van der Waals surface area contributed by atoms with E-state index in [1.807, 2.05) is 24.3 Å². The highest BCUT2D eigenvalue weighted by Gasteiger charge is 2.23. The maximum absolute atomic E-state index is 11.4. The minimum Gasteiger partial charge on any atom is -0.491 e. The van der Waals surface area contributed by atoms with Crippen molar-refractivity contribution in [2.75, 3.05) is 24.7 Å². The minimum atomic E-state index is -2.84. The molecule has 0 aliphatic carbocycles. The summed E-state index contributed by atoms with van der Waals surface area (Å²) in [7, 11) is -2.84. The molecule has 2 rings (SSSR count). The van der Waals surface area contributed by atoms with Crippen molar-refractivity contribution in [3.63, 3.8) is 0 Å². The van der Waals surface area contributed by atoms with Crippen molar-refractivity contribution in [3.8, 4) is 5.75 Å². The van der Waals surface area contributed by atoms with Gasteiger partial charge >= 0.3 is 0 Å². The van der Waals surface area contributed by atoms with Crippen LogP contribution in [0.4, 0.5) is 0 Å².